The van der Waals surface area contributed by atoms with Crippen LogP contribution in [0.25, 0.3) is 0 Å². The summed E-state index contributed by atoms with van der Waals surface area (Å²) in [4.78, 5) is 23.1. The molecule has 0 fully saturated rings. The maximum Gasteiger partial charge on any atom is 0.340 e. The Morgan fingerprint density at radius 1 is 1.37 bits per heavy atom. The van der Waals surface area contributed by atoms with E-state index in [0.29, 0.717) is 6.61 Å². The molecule has 0 aliphatic carbocycles. The first kappa shape index (κ1) is 14.8. The van der Waals surface area contributed by atoms with E-state index in [1.165, 1.54) is 12.1 Å². The molecule has 5 nitrogen and oxygen atoms in total. The van der Waals surface area contributed by atoms with Gasteiger partial charge in [-0.05, 0) is 26.0 Å². The summed E-state index contributed by atoms with van der Waals surface area (Å²) in [6, 6.07) is 4.48. The number of allylic oxidation sites excluding steroid dienone is 1. The smallest absolute Gasteiger partial charge is 0.340 e. The predicted octanol–water partition coefficient (Wildman–Crippen LogP) is 2.52. The van der Waals surface area contributed by atoms with Crippen molar-refractivity contribution in [3.63, 3.8) is 0 Å². The minimum absolute atomic E-state index is 0.0112. The van der Waals surface area contributed by atoms with Gasteiger partial charge in [-0.3, -0.25) is 0 Å². The SMILES string of the molecule is CC=CCOC(=O)c1cccc(OCC)c1C(=O)O. The van der Waals surface area contributed by atoms with Crippen LogP contribution >= 0.6 is 0 Å². The van der Waals surface area contributed by atoms with Gasteiger partial charge in [0.25, 0.3) is 0 Å². The van der Waals surface area contributed by atoms with Crippen LogP contribution in [0.2, 0.25) is 0 Å². The molecule has 0 aliphatic rings. The zero-order valence-corrected chi connectivity index (χ0v) is 10.9. The summed E-state index contributed by atoms with van der Waals surface area (Å²) in [5, 5.41) is 9.19. The number of hydrogen-bond donors (Lipinski definition) is 1. The largest absolute Gasteiger partial charge is 0.493 e. The highest BCUT2D eigenvalue weighted by Gasteiger charge is 2.22. The maximum atomic E-state index is 11.8. The van der Waals surface area contributed by atoms with Crippen molar-refractivity contribution >= 4 is 11.9 Å². The molecule has 0 aromatic heterocycles. The van der Waals surface area contributed by atoms with E-state index >= 15 is 0 Å². The molecule has 0 aliphatic heterocycles. The first-order valence-electron chi connectivity index (χ1n) is 5.89. The first-order chi connectivity index (χ1) is 9.11. The van der Waals surface area contributed by atoms with Gasteiger partial charge in [-0.1, -0.05) is 18.2 Å². The summed E-state index contributed by atoms with van der Waals surface area (Å²) < 4.78 is 10.2. The van der Waals surface area contributed by atoms with Crippen LogP contribution < -0.4 is 4.74 Å². The lowest BCUT2D eigenvalue weighted by molar-refractivity contribution is 0.0534. The van der Waals surface area contributed by atoms with Crippen molar-refractivity contribution < 1.29 is 24.2 Å². The number of aromatic carboxylic acids is 1. The topological polar surface area (TPSA) is 72.8 Å². The Labute approximate surface area is 111 Å². The lowest BCUT2D eigenvalue weighted by Gasteiger charge is -2.10. The molecule has 0 spiro atoms. The fraction of sp³-hybridized carbons (Fsp3) is 0.286. The van der Waals surface area contributed by atoms with E-state index in [1.807, 2.05) is 0 Å². The van der Waals surface area contributed by atoms with Crippen molar-refractivity contribution in [2.75, 3.05) is 13.2 Å². The molecule has 1 aromatic rings. The molecule has 0 bridgehead atoms. The second-order valence-electron chi connectivity index (χ2n) is 3.58. The molecule has 0 atom stereocenters. The lowest BCUT2D eigenvalue weighted by atomic mass is 10.1. The van der Waals surface area contributed by atoms with Gasteiger partial charge in [-0.25, -0.2) is 9.59 Å². The van der Waals surface area contributed by atoms with Crippen LogP contribution in [0.3, 0.4) is 0 Å². The molecular weight excluding hydrogens is 248 g/mol. The van der Waals surface area contributed by atoms with E-state index in [1.54, 1.807) is 32.1 Å². The van der Waals surface area contributed by atoms with E-state index in [-0.39, 0.29) is 23.5 Å². The van der Waals surface area contributed by atoms with Crippen molar-refractivity contribution in [1.82, 2.24) is 0 Å². The van der Waals surface area contributed by atoms with Crippen molar-refractivity contribution in [3.8, 4) is 5.75 Å². The molecule has 0 heterocycles. The zero-order chi connectivity index (χ0) is 14.3. The van der Waals surface area contributed by atoms with Crippen molar-refractivity contribution in [3.05, 3.63) is 41.5 Å². The number of hydrogen-bond acceptors (Lipinski definition) is 4. The van der Waals surface area contributed by atoms with Gasteiger partial charge >= 0.3 is 11.9 Å². The van der Waals surface area contributed by atoms with Gasteiger partial charge in [0.1, 0.15) is 17.9 Å². The molecule has 0 radical (unpaired) electrons. The van der Waals surface area contributed by atoms with Gasteiger partial charge in [0.2, 0.25) is 0 Å². The number of rotatable bonds is 6. The average molecular weight is 264 g/mol. The fourth-order valence-corrected chi connectivity index (χ4v) is 1.50. The molecule has 0 amide bonds. The number of carboxylic acid groups (broad SMARTS) is 1. The standard InChI is InChI=1S/C14H16O5/c1-3-5-9-19-14(17)10-7-6-8-11(18-4-2)12(10)13(15)16/h3,5-8H,4,9H2,1-2H3,(H,15,16). The van der Waals surface area contributed by atoms with E-state index in [4.69, 9.17) is 9.47 Å². The molecule has 19 heavy (non-hydrogen) atoms. The highest BCUT2D eigenvalue weighted by Crippen LogP contribution is 2.23. The number of benzene rings is 1. The third-order valence-corrected chi connectivity index (χ3v) is 2.31. The van der Waals surface area contributed by atoms with Gasteiger partial charge < -0.3 is 14.6 Å². The van der Waals surface area contributed by atoms with Crippen molar-refractivity contribution in [1.29, 1.82) is 0 Å². The summed E-state index contributed by atoms with van der Waals surface area (Å²) in [5.74, 6) is -1.74. The average Bonchev–Trinajstić information content (AvgIpc) is 2.38. The summed E-state index contributed by atoms with van der Waals surface area (Å²) >= 11 is 0. The molecule has 0 unspecified atom stereocenters. The molecule has 1 N–H and O–H groups in total. The Morgan fingerprint density at radius 2 is 2.11 bits per heavy atom. The van der Waals surface area contributed by atoms with Gasteiger partial charge in [0.15, 0.2) is 0 Å². The Balaban J connectivity index is 3.08. The van der Waals surface area contributed by atoms with Crippen LogP contribution in [0, 0.1) is 0 Å². The van der Waals surface area contributed by atoms with Gasteiger partial charge in [0, 0.05) is 0 Å². The van der Waals surface area contributed by atoms with Crippen molar-refractivity contribution in [2.45, 2.75) is 13.8 Å². The molecule has 1 rings (SSSR count). The van der Waals surface area contributed by atoms with E-state index < -0.39 is 11.9 Å². The van der Waals surface area contributed by atoms with E-state index in [9.17, 15) is 14.7 Å². The first-order valence-corrected chi connectivity index (χ1v) is 5.89. The second kappa shape index (κ2) is 7.20. The molecule has 0 saturated heterocycles. The van der Waals surface area contributed by atoms with E-state index in [0.717, 1.165) is 0 Å². The predicted molar refractivity (Wildman–Crippen MR) is 69.7 cm³/mol. The van der Waals surface area contributed by atoms with Crippen LogP contribution in [0.5, 0.6) is 5.75 Å². The number of carbonyl (C=O) groups is 2. The monoisotopic (exact) mass is 264 g/mol. The van der Waals surface area contributed by atoms with E-state index in [2.05, 4.69) is 0 Å². The third kappa shape index (κ3) is 3.84. The van der Waals surface area contributed by atoms with Crippen LogP contribution in [0.15, 0.2) is 30.4 Å². The number of ether oxygens (including phenoxy) is 2. The number of carboxylic acids is 1. The Hall–Kier alpha value is -2.30. The van der Waals surface area contributed by atoms with Crippen LogP contribution in [0.4, 0.5) is 0 Å². The minimum Gasteiger partial charge on any atom is -0.493 e. The summed E-state index contributed by atoms with van der Waals surface area (Å²) in [6.07, 6.45) is 3.40. The second-order valence-corrected chi connectivity index (χ2v) is 3.58. The molecule has 102 valence electrons. The molecule has 0 saturated carbocycles. The number of esters is 1. The normalized spacial score (nSPS) is 10.4. The molecule has 1 aromatic carbocycles. The minimum atomic E-state index is -1.22. The van der Waals surface area contributed by atoms with Gasteiger partial charge in [-0.2, -0.15) is 0 Å². The Morgan fingerprint density at radius 3 is 2.68 bits per heavy atom. The Kier molecular flexibility index (Phi) is 5.60. The Bertz CT molecular complexity index is 491. The lowest BCUT2D eigenvalue weighted by Crippen LogP contribution is -2.13. The van der Waals surface area contributed by atoms with Crippen LogP contribution in [0.1, 0.15) is 34.6 Å². The highest BCUT2D eigenvalue weighted by atomic mass is 16.5. The van der Waals surface area contributed by atoms with Crippen molar-refractivity contribution in [2.24, 2.45) is 0 Å². The third-order valence-electron chi connectivity index (χ3n) is 2.31. The van der Waals surface area contributed by atoms with Gasteiger partial charge in [0.05, 0.1) is 12.2 Å². The van der Waals surface area contributed by atoms with Gasteiger partial charge in [-0.15, -0.1) is 0 Å². The molecule has 5 heteroatoms. The van der Waals surface area contributed by atoms with Crippen LogP contribution in [-0.2, 0) is 4.74 Å². The van der Waals surface area contributed by atoms with Crippen LogP contribution in [-0.4, -0.2) is 30.3 Å². The summed E-state index contributed by atoms with van der Waals surface area (Å²) in [7, 11) is 0. The summed E-state index contributed by atoms with van der Waals surface area (Å²) in [6.45, 7) is 3.96. The highest BCUT2D eigenvalue weighted by molar-refractivity contribution is 6.04. The fourth-order valence-electron chi connectivity index (χ4n) is 1.50. The summed E-state index contributed by atoms with van der Waals surface area (Å²) in [5.41, 5.74) is -0.183. The zero-order valence-electron chi connectivity index (χ0n) is 10.9. The number of carbonyl (C=O) groups excluding carboxylic acids is 1. The maximum absolute atomic E-state index is 11.8. The molecular formula is C14H16O5. The quantitative estimate of drug-likeness (QED) is 0.631.